The molecule has 3 rings (SSSR count). The molecule has 0 saturated carbocycles. The average Bonchev–Trinajstić information content (AvgIpc) is 2.59. The maximum Gasteiger partial charge on any atom is 0.272 e. The zero-order chi connectivity index (χ0) is 17.1. The number of carbonyl (C=O) groups excluding carboxylic acids is 1. The van der Waals surface area contributed by atoms with Gasteiger partial charge >= 0.3 is 0 Å². The van der Waals surface area contributed by atoms with Crippen molar-refractivity contribution in [3.8, 4) is 0 Å². The van der Waals surface area contributed by atoms with Crippen LogP contribution in [0.25, 0.3) is 0 Å². The Morgan fingerprint density at radius 1 is 1.21 bits per heavy atom. The lowest BCUT2D eigenvalue weighted by Crippen LogP contribution is -2.47. The van der Waals surface area contributed by atoms with Gasteiger partial charge < -0.3 is 15.1 Å². The molecular weight excluding hydrogens is 326 g/mol. The Hall–Kier alpha value is -2.18. The van der Waals surface area contributed by atoms with Crippen LogP contribution in [0.2, 0.25) is 5.02 Å². The number of aromatic nitrogens is 2. The monoisotopic (exact) mass is 345 g/mol. The summed E-state index contributed by atoms with van der Waals surface area (Å²) in [6, 6.07) is 7.31. The van der Waals surface area contributed by atoms with Crippen molar-refractivity contribution in [2.45, 2.75) is 6.92 Å². The van der Waals surface area contributed by atoms with E-state index in [0.29, 0.717) is 16.5 Å². The van der Waals surface area contributed by atoms with Gasteiger partial charge in [-0.15, -0.1) is 0 Å². The number of rotatable bonds is 3. The largest absolute Gasteiger partial charge is 0.340 e. The fraction of sp³-hybridized carbons (Fsp3) is 0.353. The highest BCUT2D eigenvalue weighted by Gasteiger charge is 2.21. The first-order valence-corrected chi connectivity index (χ1v) is 8.24. The van der Waals surface area contributed by atoms with Crippen molar-refractivity contribution in [1.82, 2.24) is 19.8 Å². The van der Waals surface area contributed by atoms with E-state index in [1.165, 1.54) is 6.33 Å². The van der Waals surface area contributed by atoms with E-state index in [2.05, 4.69) is 27.2 Å². The van der Waals surface area contributed by atoms with Crippen molar-refractivity contribution in [2.24, 2.45) is 0 Å². The third-order valence-electron chi connectivity index (χ3n) is 4.21. The van der Waals surface area contributed by atoms with Gasteiger partial charge in [-0.25, -0.2) is 9.97 Å². The lowest BCUT2D eigenvalue weighted by molar-refractivity contribution is 0.0658. The topological polar surface area (TPSA) is 61.4 Å². The van der Waals surface area contributed by atoms with E-state index in [4.69, 9.17) is 11.6 Å². The summed E-state index contributed by atoms with van der Waals surface area (Å²) in [5.74, 6) is 0.518. The molecule has 1 amide bonds. The maximum absolute atomic E-state index is 12.6. The van der Waals surface area contributed by atoms with Crippen molar-refractivity contribution in [2.75, 3.05) is 38.5 Å². The van der Waals surface area contributed by atoms with E-state index in [1.807, 2.05) is 30.0 Å². The zero-order valence-electron chi connectivity index (χ0n) is 13.8. The summed E-state index contributed by atoms with van der Waals surface area (Å²) in [6.45, 7) is 5.13. The molecule has 0 unspecified atom stereocenters. The number of nitrogens with one attached hydrogen (secondary N) is 1. The number of halogens is 1. The van der Waals surface area contributed by atoms with E-state index < -0.39 is 0 Å². The average molecular weight is 346 g/mol. The minimum absolute atomic E-state index is 0.0589. The SMILES string of the molecule is Cc1c(Cl)cccc1Nc1cc(C(=O)N2CCN(C)CC2)ncn1. The molecule has 1 aliphatic heterocycles. The van der Waals surface area contributed by atoms with Crippen LogP contribution in [0.3, 0.4) is 0 Å². The molecule has 2 aromatic rings. The van der Waals surface area contributed by atoms with Gasteiger partial charge in [-0.05, 0) is 31.7 Å². The maximum atomic E-state index is 12.6. The van der Waals surface area contributed by atoms with E-state index in [1.54, 1.807) is 6.07 Å². The number of amides is 1. The Morgan fingerprint density at radius 3 is 2.71 bits per heavy atom. The van der Waals surface area contributed by atoms with E-state index in [9.17, 15) is 4.79 Å². The zero-order valence-corrected chi connectivity index (χ0v) is 14.5. The Balaban J connectivity index is 1.76. The number of nitrogens with zero attached hydrogens (tertiary/aromatic N) is 4. The first-order valence-electron chi connectivity index (χ1n) is 7.86. The number of hydrogen-bond donors (Lipinski definition) is 1. The fourth-order valence-corrected chi connectivity index (χ4v) is 2.77. The molecule has 1 fully saturated rings. The molecule has 1 aliphatic rings. The van der Waals surface area contributed by atoms with Crippen LogP contribution in [-0.4, -0.2) is 58.9 Å². The molecule has 0 atom stereocenters. The molecule has 6 nitrogen and oxygen atoms in total. The van der Waals surface area contributed by atoms with Crippen LogP contribution in [0, 0.1) is 6.92 Å². The van der Waals surface area contributed by atoms with Crippen LogP contribution in [0.15, 0.2) is 30.6 Å². The highest BCUT2D eigenvalue weighted by molar-refractivity contribution is 6.31. The molecule has 1 aromatic carbocycles. The Bertz CT molecular complexity index is 744. The summed E-state index contributed by atoms with van der Waals surface area (Å²) in [5, 5.41) is 3.89. The van der Waals surface area contributed by atoms with Gasteiger partial charge in [0.05, 0.1) is 0 Å². The first kappa shape index (κ1) is 16.7. The third kappa shape index (κ3) is 3.66. The summed E-state index contributed by atoms with van der Waals surface area (Å²) >= 11 is 6.14. The molecule has 0 aliphatic carbocycles. The second-order valence-corrected chi connectivity index (χ2v) is 6.33. The number of hydrogen-bond acceptors (Lipinski definition) is 5. The smallest absolute Gasteiger partial charge is 0.272 e. The van der Waals surface area contributed by atoms with Gasteiger partial charge in [0, 0.05) is 43.0 Å². The molecule has 0 spiro atoms. The molecule has 0 bridgehead atoms. The normalized spacial score (nSPS) is 15.4. The van der Waals surface area contributed by atoms with Crippen LogP contribution in [-0.2, 0) is 0 Å². The number of benzene rings is 1. The quantitative estimate of drug-likeness (QED) is 0.926. The van der Waals surface area contributed by atoms with Gasteiger partial charge in [0.1, 0.15) is 17.8 Å². The second kappa shape index (κ2) is 7.15. The molecule has 0 radical (unpaired) electrons. The third-order valence-corrected chi connectivity index (χ3v) is 4.62. The molecule has 2 heterocycles. The minimum atomic E-state index is -0.0589. The summed E-state index contributed by atoms with van der Waals surface area (Å²) in [6.07, 6.45) is 1.41. The van der Waals surface area contributed by atoms with Gasteiger partial charge in [0.25, 0.3) is 5.91 Å². The highest BCUT2D eigenvalue weighted by Crippen LogP contribution is 2.25. The standard InChI is InChI=1S/C17H20ClN5O/c1-12-13(18)4-3-5-14(12)21-16-10-15(19-11-20-16)17(24)23-8-6-22(2)7-9-23/h3-5,10-11H,6-9H2,1-2H3,(H,19,20,21). The van der Waals surface area contributed by atoms with Crippen LogP contribution < -0.4 is 5.32 Å². The van der Waals surface area contributed by atoms with E-state index in [0.717, 1.165) is 37.4 Å². The van der Waals surface area contributed by atoms with Crippen LogP contribution >= 0.6 is 11.6 Å². The first-order chi connectivity index (χ1) is 11.5. The molecule has 7 heteroatoms. The van der Waals surface area contributed by atoms with Gasteiger partial charge in [0.2, 0.25) is 0 Å². The van der Waals surface area contributed by atoms with Crippen LogP contribution in [0.5, 0.6) is 0 Å². The molecule has 24 heavy (non-hydrogen) atoms. The van der Waals surface area contributed by atoms with E-state index >= 15 is 0 Å². The Morgan fingerprint density at radius 2 is 1.96 bits per heavy atom. The predicted molar refractivity (Wildman–Crippen MR) is 94.9 cm³/mol. The fourth-order valence-electron chi connectivity index (χ4n) is 2.60. The number of likely N-dealkylation sites (N-methyl/N-ethyl adjacent to an activating group) is 1. The molecule has 1 aromatic heterocycles. The van der Waals surface area contributed by atoms with Gasteiger partial charge in [-0.1, -0.05) is 17.7 Å². The number of anilines is 2. The molecular formula is C17H20ClN5O. The molecule has 1 saturated heterocycles. The van der Waals surface area contributed by atoms with Gasteiger partial charge in [-0.2, -0.15) is 0 Å². The van der Waals surface area contributed by atoms with Crippen molar-refractivity contribution >= 4 is 29.0 Å². The summed E-state index contributed by atoms with van der Waals surface area (Å²) in [4.78, 5) is 25.0. The van der Waals surface area contributed by atoms with Crippen LogP contribution in [0.1, 0.15) is 16.1 Å². The summed E-state index contributed by atoms with van der Waals surface area (Å²) in [5.41, 5.74) is 2.20. The minimum Gasteiger partial charge on any atom is -0.340 e. The number of piperazine rings is 1. The summed E-state index contributed by atoms with van der Waals surface area (Å²) in [7, 11) is 2.06. The lowest BCUT2D eigenvalue weighted by Gasteiger charge is -2.32. The van der Waals surface area contributed by atoms with Crippen molar-refractivity contribution < 1.29 is 4.79 Å². The van der Waals surface area contributed by atoms with Gasteiger partial charge in [-0.3, -0.25) is 4.79 Å². The Labute approximate surface area is 146 Å². The highest BCUT2D eigenvalue weighted by atomic mass is 35.5. The van der Waals surface area contributed by atoms with E-state index in [-0.39, 0.29) is 5.91 Å². The van der Waals surface area contributed by atoms with Crippen LogP contribution in [0.4, 0.5) is 11.5 Å². The lowest BCUT2D eigenvalue weighted by atomic mass is 10.2. The molecule has 1 N–H and O–H groups in total. The van der Waals surface area contributed by atoms with Crippen molar-refractivity contribution in [1.29, 1.82) is 0 Å². The summed E-state index contributed by atoms with van der Waals surface area (Å²) < 4.78 is 0. The number of carbonyl (C=O) groups is 1. The second-order valence-electron chi connectivity index (χ2n) is 5.92. The predicted octanol–water partition coefficient (Wildman–Crippen LogP) is 2.57. The van der Waals surface area contributed by atoms with Crippen molar-refractivity contribution in [3.05, 3.63) is 46.9 Å². The molecule has 126 valence electrons. The Kier molecular flexibility index (Phi) is 4.97. The van der Waals surface area contributed by atoms with Gasteiger partial charge in [0.15, 0.2) is 0 Å². The van der Waals surface area contributed by atoms with Crippen molar-refractivity contribution in [3.63, 3.8) is 0 Å².